The minimum atomic E-state index is -1.41. The molecule has 0 aromatic rings. The van der Waals surface area contributed by atoms with E-state index in [9.17, 15) is 24.6 Å². The van der Waals surface area contributed by atoms with E-state index in [0.29, 0.717) is 25.7 Å². The first-order chi connectivity index (χ1) is 14.5. The van der Waals surface area contributed by atoms with Gasteiger partial charge in [-0.2, -0.15) is 0 Å². The third kappa shape index (κ3) is 3.80. The summed E-state index contributed by atoms with van der Waals surface area (Å²) in [4.78, 5) is 36.3. The molecular formula is C24H34O6S. The van der Waals surface area contributed by atoms with Crippen LogP contribution in [0.15, 0.2) is 11.6 Å². The summed E-state index contributed by atoms with van der Waals surface area (Å²) < 4.78 is 4.62. The van der Waals surface area contributed by atoms with Crippen LogP contribution in [-0.2, 0) is 19.1 Å². The summed E-state index contributed by atoms with van der Waals surface area (Å²) in [6.07, 6.45) is 5.70. The van der Waals surface area contributed by atoms with E-state index in [0.717, 1.165) is 19.3 Å². The molecule has 0 saturated heterocycles. The van der Waals surface area contributed by atoms with Gasteiger partial charge in [-0.05, 0) is 73.2 Å². The molecule has 7 heteroatoms. The second-order valence-electron chi connectivity index (χ2n) is 10.7. The molecule has 0 aromatic heterocycles. The van der Waals surface area contributed by atoms with E-state index in [2.05, 4.69) is 18.6 Å². The number of ether oxygens (including phenoxy) is 1. The maximum absolute atomic E-state index is 13.0. The molecule has 0 bridgehead atoms. The zero-order chi connectivity index (χ0) is 22.6. The van der Waals surface area contributed by atoms with E-state index in [1.54, 1.807) is 0 Å². The van der Waals surface area contributed by atoms with Crippen molar-refractivity contribution >= 4 is 29.3 Å². The second-order valence-corrected chi connectivity index (χ2v) is 11.7. The summed E-state index contributed by atoms with van der Waals surface area (Å²) >= 11 is 1.18. The molecule has 31 heavy (non-hydrogen) atoms. The molecule has 2 N–H and O–H groups in total. The fraction of sp³-hybridized carbons (Fsp3) is 0.792. The lowest BCUT2D eigenvalue weighted by Gasteiger charge is -2.59. The number of fused-ring (bicyclic) bond motifs is 5. The topological polar surface area (TPSA) is 101 Å². The molecule has 6 nitrogen and oxygen atoms in total. The van der Waals surface area contributed by atoms with Gasteiger partial charge in [0.25, 0.3) is 0 Å². The molecular weight excluding hydrogens is 416 g/mol. The Bertz CT molecular complexity index is 823. The number of carbonyl (C=O) groups is 3. The summed E-state index contributed by atoms with van der Waals surface area (Å²) in [5, 5.41) is 22.7. The lowest BCUT2D eigenvalue weighted by molar-refractivity contribution is -0.137. The van der Waals surface area contributed by atoms with Crippen molar-refractivity contribution in [1.82, 2.24) is 0 Å². The number of hydrogen-bond donors (Lipinski definition) is 2. The largest absolute Gasteiger partial charge is 0.468 e. The number of allylic oxidation sites excluding steroid dienone is 1. The summed E-state index contributed by atoms with van der Waals surface area (Å²) in [6.45, 7) is 4.31. The molecule has 0 radical (unpaired) electrons. The van der Waals surface area contributed by atoms with Gasteiger partial charge in [-0.1, -0.05) is 19.4 Å². The Morgan fingerprint density at radius 3 is 2.68 bits per heavy atom. The van der Waals surface area contributed by atoms with Gasteiger partial charge < -0.3 is 14.9 Å². The van der Waals surface area contributed by atoms with Gasteiger partial charge in [-0.25, -0.2) is 0 Å². The second kappa shape index (κ2) is 7.99. The van der Waals surface area contributed by atoms with Gasteiger partial charge >= 0.3 is 5.97 Å². The minimum Gasteiger partial charge on any atom is -0.468 e. The van der Waals surface area contributed by atoms with Crippen molar-refractivity contribution in [3.05, 3.63) is 11.6 Å². The normalized spacial score (nSPS) is 44.0. The van der Waals surface area contributed by atoms with Crippen LogP contribution in [-0.4, -0.2) is 58.1 Å². The Labute approximate surface area is 188 Å². The molecule has 0 aromatic carbocycles. The van der Waals surface area contributed by atoms with Gasteiger partial charge in [0.1, 0.15) is 5.60 Å². The molecule has 172 valence electrons. The number of esters is 1. The number of aliphatic hydroxyl groups excluding tert-OH is 1. The zero-order valence-electron chi connectivity index (χ0n) is 18.7. The van der Waals surface area contributed by atoms with Crippen molar-refractivity contribution in [3.63, 3.8) is 0 Å². The number of rotatable bonds is 5. The molecule has 0 unspecified atom stereocenters. The van der Waals surface area contributed by atoms with Crippen molar-refractivity contribution in [3.8, 4) is 0 Å². The molecule has 4 aliphatic carbocycles. The highest BCUT2D eigenvalue weighted by molar-refractivity contribution is 8.00. The van der Waals surface area contributed by atoms with Crippen molar-refractivity contribution < 1.29 is 29.3 Å². The maximum Gasteiger partial charge on any atom is 0.315 e. The van der Waals surface area contributed by atoms with E-state index in [1.165, 1.54) is 24.4 Å². The highest BCUT2D eigenvalue weighted by Gasteiger charge is 2.64. The zero-order valence-corrected chi connectivity index (χ0v) is 19.5. The Morgan fingerprint density at radius 1 is 1.23 bits per heavy atom. The number of ketones is 2. The highest BCUT2D eigenvalue weighted by atomic mass is 32.2. The number of methoxy groups -OCH3 is 1. The van der Waals surface area contributed by atoms with Gasteiger partial charge in [0.2, 0.25) is 0 Å². The fourth-order valence-electron chi connectivity index (χ4n) is 7.46. The van der Waals surface area contributed by atoms with Gasteiger partial charge in [0, 0.05) is 6.42 Å². The first kappa shape index (κ1) is 23.0. The van der Waals surface area contributed by atoms with E-state index in [4.69, 9.17) is 0 Å². The molecule has 3 saturated carbocycles. The fourth-order valence-corrected chi connectivity index (χ4v) is 8.30. The minimum absolute atomic E-state index is 0.0600. The molecule has 7 atom stereocenters. The lowest BCUT2D eigenvalue weighted by atomic mass is 9.46. The Morgan fingerprint density at radius 2 is 1.97 bits per heavy atom. The molecule has 4 aliphatic rings. The number of thioether (sulfide) groups is 1. The van der Waals surface area contributed by atoms with Gasteiger partial charge in [0.15, 0.2) is 11.6 Å². The highest BCUT2D eigenvalue weighted by Crippen LogP contribution is 2.66. The van der Waals surface area contributed by atoms with Crippen LogP contribution in [0, 0.1) is 28.6 Å². The first-order valence-electron chi connectivity index (χ1n) is 11.3. The molecule has 3 fully saturated rings. The van der Waals surface area contributed by atoms with E-state index >= 15 is 0 Å². The smallest absolute Gasteiger partial charge is 0.315 e. The quantitative estimate of drug-likeness (QED) is 0.621. The summed E-state index contributed by atoms with van der Waals surface area (Å²) in [6, 6.07) is 0. The van der Waals surface area contributed by atoms with Crippen LogP contribution in [0.5, 0.6) is 0 Å². The van der Waals surface area contributed by atoms with Crippen LogP contribution in [0.25, 0.3) is 0 Å². The van der Waals surface area contributed by atoms with E-state index < -0.39 is 11.7 Å². The predicted octanol–water partition coefficient (Wildman–Crippen LogP) is 2.70. The summed E-state index contributed by atoms with van der Waals surface area (Å²) in [7, 11) is 1.32. The van der Waals surface area contributed by atoms with Crippen LogP contribution in [0.2, 0.25) is 0 Å². The van der Waals surface area contributed by atoms with Gasteiger partial charge in [-0.3, -0.25) is 14.4 Å². The summed E-state index contributed by atoms with van der Waals surface area (Å²) in [5.41, 5.74) is -0.703. The predicted molar refractivity (Wildman–Crippen MR) is 117 cm³/mol. The lowest BCUT2D eigenvalue weighted by Crippen LogP contribution is -2.55. The van der Waals surface area contributed by atoms with Crippen molar-refractivity contribution in [2.75, 3.05) is 18.6 Å². The first-order valence-corrected chi connectivity index (χ1v) is 12.5. The van der Waals surface area contributed by atoms with Crippen LogP contribution in [0.3, 0.4) is 0 Å². The van der Waals surface area contributed by atoms with Crippen LogP contribution in [0.4, 0.5) is 0 Å². The van der Waals surface area contributed by atoms with Crippen LogP contribution < -0.4 is 0 Å². The van der Waals surface area contributed by atoms with Gasteiger partial charge in [0.05, 0.1) is 24.7 Å². The average Bonchev–Trinajstić information content (AvgIpc) is 2.99. The van der Waals surface area contributed by atoms with Crippen molar-refractivity contribution in [2.45, 2.75) is 70.5 Å². The number of hydrogen-bond acceptors (Lipinski definition) is 7. The SMILES string of the molecule is COC(=O)CSCC(=O)[C@@]1(O)C[C@@H]2[C@@H]3CCC4=CC(=O)CC[C@]4(C)[C@H]3[C@H](O)C[C@]2(C)C1. The molecule has 4 rings (SSSR count). The molecule has 0 heterocycles. The number of carbonyl (C=O) groups excluding carboxylic acids is 3. The Balaban J connectivity index is 1.55. The average molecular weight is 451 g/mol. The number of aliphatic hydroxyl groups is 2. The van der Waals surface area contributed by atoms with Crippen LogP contribution in [0.1, 0.15) is 58.8 Å². The van der Waals surface area contributed by atoms with Crippen molar-refractivity contribution in [1.29, 1.82) is 0 Å². The number of Topliss-reactive ketones (excluding diaryl/α,β-unsaturated/α-hetero) is 1. The summed E-state index contributed by atoms with van der Waals surface area (Å²) in [5.74, 6) is 0.204. The van der Waals surface area contributed by atoms with Crippen LogP contribution >= 0.6 is 11.8 Å². The third-order valence-corrected chi connectivity index (χ3v) is 9.77. The molecule has 0 spiro atoms. The standard InChI is InChI=1S/C24H34O6S/c1-22-10-18(26)21-16(5-4-14-8-15(25)6-7-23(14,21)2)17(22)9-24(29,13-22)19(27)11-31-12-20(28)30-3/h8,16-18,21,26,29H,4-7,9-13H2,1-3H3/t16-,17+,18+,21+,22+,23-,24+/m0/s1. The van der Waals surface area contributed by atoms with Crippen molar-refractivity contribution in [2.24, 2.45) is 28.6 Å². The Kier molecular flexibility index (Phi) is 5.93. The molecule has 0 amide bonds. The van der Waals surface area contributed by atoms with E-state index in [1.807, 2.05) is 6.08 Å². The van der Waals surface area contributed by atoms with Gasteiger partial charge in [-0.15, -0.1) is 11.8 Å². The van der Waals surface area contributed by atoms with E-state index in [-0.39, 0.29) is 57.6 Å². The monoisotopic (exact) mass is 450 g/mol. The molecule has 0 aliphatic heterocycles. The Hall–Kier alpha value is -1.18. The third-order valence-electron chi connectivity index (χ3n) is 8.86. The maximum atomic E-state index is 13.0.